The summed E-state index contributed by atoms with van der Waals surface area (Å²) in [5.41, 5.74) is 1.07. The molecule has 0 N–H and O–H groups in total. The summed E-state index contributed by atoms with van der Waals surface area (Å²) >= 11 is 7.51. The van der Waals surface area contributed by atoms with Gasteiger partial charge in [0.05, 0.1) is 4.88 Å². The van der Waals surface area contributed by atoms with Crippen LogP contribution in [0.25, 0.3) is 10.6 Å². The quantitative estimate of drug-likeness (QED) is 0.687. The van der Waals surface area contributed by atoms with Gasteiger partial charge in [-0.05, 0) is 30.3 Å². The molecule has 0 aliphatic carbocycles. The zero-order chi connectivity index (χ0) is 13.8. The zero-order valence-electron chi connectivity index (χ0n) is 10.5. The average molecular weight is 301 g/mol. The first-order valence-corrected chi connectivity index (χ1v) is 7.30. The van der Waals surface area contributed by atoms with Crippen LogP contribution in [0.3, 0.4) is 0 Å². The summed E-state index contributed by atoms with van der Waals surface area (Å²) in [6.45, 7) is 0.523. The molecule has 0 atom stereocenters. The molecule has 1 radical (unpaired) electrons. The van der Waals surface area contributed by atoms with Gasteiger partial charge in [0.15, 0.2) is 0 Å². The van der Waals surface area contributed by atoms with Crippen molar-refractivity contribution in [2.45, 2.75) is 6.61 Å². The summed E-state index contributed by atoms with van der Waals surface area (Å²) in [5, 5.41) is 1.71. The number of hydrogen-bond donors (Lipinski definition) is 0. The molecule has 20 heavy (non-hydrogen) atoms. The minimum Gasteiger partial charge on any atom is -0.488 e. The van der Waals surface area contributed by atoms with Gasteiger partial charge in [-0.1, -0.05) is 35.9 Å². The SMILES string of the molecule is Clc1ccc(-c2ncc(COc3cc[c]cc3)s2)cc1. The molecule has 3 aromatic rings. The number of benzene rings is 2. The first-order valence-electron chi connectivity index (χ1n) is 6.11. The van der Waals surface area contributed by atoms with Gasteiger partial charge in [-0.15, -0.1) is 11.3 Å². The fourth-order valence-corrected chi connectivity index (χ4v) is 2.68. The van der Waals surface area contributed by atoms with E-state index in [-0.39, 0.29) is 0 Å². The second-order valence-corrected chi connectivity index (χ2v) is 5.71. The molecular formula is C16H11ClNOS. The van der Waals surface area contributed by atoms with E-state index in [4.69, 9.17) is 16.3 Å². The summed E-state index contributed by atoms with van der Waals surface area (Å²) in [4.78, 5) is 5.50. The number of halogens is 1. The lowest BCUT2D eigenvalue weighted by atomic mass is 10.2. The molecule has 2 nitrogen and oxygen atoms in total. The first kappa shape index (κ1) is 13.2. The normalized spacial score (nSPS) is 10.4. The lowest BCUT2D eigenvalue weighted by Gasteiger charge is -2.02. The average Bonchev–Trinajstić information content (AvgIpc) is 2.96. The number of aromatic nitrogens is 1. The Morgan fingerprint density at radius 1 is 1.10 bits per heavy atom. The lowest BCUT2D eigenvalue weighted by Crippen LogP contribution is -1.91. The van der Waals surface area contributed by atoms with Crippen LogP contribution in [0.1, 0.15) is 4.88 Å². The fourth-order valence-electron chi connectivity index (χ4n) is 1.72. The molecule has 0 unspecified atom stereocenters. The highest BCUT2D eigenvalue weighted by atomic mass is 35.5. The molecule has 1 aromatic heterocycles. The van der Waals surface area contributed by atoms with Gasteiger partial charge in [-0.2, -0.15) is 0 Å². The molecule has 3 rings (SSSR count). The van der Waals surface area contributed by atoms with E-state index in [9.17, 15) is 0 Å². The summed E-state index contributed by atoms with van der Waals surface area (Å²) in [7, 11) is 0. The molecule has 0 saturated heterocycles. The molecule has 1 heterocycles. The second-order valence-electron chi connectivity index (χ2n) is 4.16. The smallest absolute Gasteiger partial charge is 0.124 e. The first-order chi connectivity index (χ1) is 9.81. The van der Waals surface area contributed by atoms with Gasteiger partial charge < -0.3 is 4.74 Å². The fraction of sp³-hybridized carbons (Fsp3) is 0.0625. The predicted octanol–water partition coefficient (Wildman–Crippen LogP) is 4.84. The maximum absolute atomic E-state index is 5.88. The van der Waals surface area contributed by atoms with E-state index in [1.807, 2.05) is 54.7 Å². The summed E-state index contributed by atoms with van der Waals surface area (Å²) in [5.74, 6) is 0.838. The van der Waals surface area contributed by atoms with Gasteiger partial charge in [0.25, 0.3) is 0 Å². The molecule has 0 fully saturated rings. The van der Waals surface area contributed by atoms with Crippen molar-refractivity contribution in [3.05, 3.63) is 70.7 Å². The van der Waals surface area contributed by atoms with E-state index < -0.39 is 0 Å². The molecule has 0 aliphatic heterocycles. The molecule has 0 spiro atoms. The van der Waals surface area contributed by atoms with Crippen molar-refractivity contribution in [3.8, 4) is 16.3 Å². The molecule has 0 saturated carbocycles. The van der Waals surface area contributed by atoms with Crippen LogP contribution in [0, 0.1) is 6.07 Å². The van der Waals surface area contributed by atoms with Crippen LogP contribution in [0.2, 0.25) is 5.02 Å². The van der Waals surface area contributed by atoms with Crippen molar-refractivity contribution < 1.29 is 4.74 Å². The molecule has 4 heteroatoms. The summed E-state index contributed by atoms with van der Waals surface area (Å²) in [6.07, 6.45) is 1.85. The largest absolute Gasteiger partial charge is 0.488 e. The Morgan fingerprint density at radius 3 is 2.60 bits per heavy atom. The molecule has 0 bridgehead atoms. The highest BCUT2D eigenvalue weighted by molar-refractivity contribution is 7.15. The van der Waals surface area contributed by atoms with Crippen LogP contribution in [-0.2, 0) is 6.61 Å². The highest BCUT2D eigenvalue weighted by Crippen LogP contribution is 2.27. The third-order valence-corrected chi connectivity index (χ3v) is 3.99. The van der Waals surface area contributed by atoms with Crippen molar-refractivity contribution >= 4 is 22.9 Å². The van der Waals surface area contributed by atoms with Gasteiger partial charge in [-0.3, -0.25) is 0 Å². The number of ether oxygens (including phenoxy) is 1. The van der Waals surface area contributed by atoms with Gasteiger partial charge in [-0.25, -0.2) is 4.98 Å². The predicted molar refractivity (Wildman–Crippen MR) is 82.2 cm³/mol. The highest BCUT2D eigenvalue weighted by Gasteiger charge is 2.05. The van der Waals surface area contributed by atoms with Crippen LogP contribution in [-0.4, -0.2) is 4.98 Å². The second kappa shape index (κ2) is 6.07. The minimum atomic E-state index is 0.523. The van der Waals surface area contributed by atoms with E-state index in [2.05, 4.69) is 11.1 Å². The number of rotatable bonds is 4. The van der Waals surface area contributed by atoms with Gasteiger partial charge in [0.1, 0.15) is 17.4 Å². The molecular weight excluding hydrogens is 290 g/mol. The minimum absolute atomic E-state index is 0.523. The van der Waals surface area contributed by atoms with Crippen molar-refractivity contribution in [1.29, 1.82) is 0 Å². The van der Waals surface area contributed by atoms with E-state index in [1.54, 1.807) is 11.3 Å². The van der Waals surface area contributed by atoms with Crippen molar-refractivity contribution in [1.82, 2.24) is 4.98 Å². The topological polar surface area (TPSA) is 22.1 Å². The number of nitrogens with zero attached hydrogens (tertiary/aromatic N) is 1. The third kappa shape index (κ3) is 3.18. The lowest BCUT2D eigenvalue weighted by molar-refractivity contribution is 0.309. The van der Waals surface area contributed by atoms with Crippen molar-refractivity contribution in [3.63, 3.8) is 0 Å². The van der Waals surface area contributed by atoms with Crippen molar-refractivity contribution in [2.75, 3.05) is 0 Å². The van der Waals surface area contributed by atoms with Crippen LogP contribution in [0.5, 0.6) is 5.75 Å². The number of hydrogen-bond acceptors (Lipinski definition) is 3. The molecule has 0 amide bonds. The zero-order valence-corrected chi connectivity index (χ0v) is 12.1. The third-order valence-electron chi connectivity index (χ3n) is 2.71. The van der Waals surface area contributed by atoms with Gasteiger partial charge >= 0.3 is 0 Å². The van der Waals surface area contributed by atoms with Gasteiger partial charge in [0.2, 0.25) is 0 Å². The summed E-state index contributed by atoms with van der Waals surface area (Å²) < 4.78 is 5.69. The Bertz CT molecular complexity index is 679. The van der Waals surface area contributed by atoms with Crippen LogP contribution < -0.4 is 4.74 Å². The van der Waals surface area contributed by atoms with Crippen LogP contribution in [0.15, 0.2) is 54.7 Å². The Kier molecular flexibility index (Phi) is 4.00. The van der Waals surface area contributed by atoms with Gasteiger partial charge in [0, 0.05) is 16.8 Å². The Hall–Kier alpha value is -1.84. The van der Waals surface area contributed by atoms with E-state index in [0.29, 0.717) is 6.61 Å². The molecule has 2 aromatic carbocycles. The van der Waals surface area contributed by atoms with E-state index >= 15 is 0 Å². The Morgan fingerprint density at radius 2 is 1.85 bits per heavy atom. The van der Waals surface area contributed by atoms with Crippen LogP contribution >= 0.6 is 22.9 Å². The Labute approximate surface area is 126 Å². The monoisotopic (exact) mass is 300 g/mol. The number of thiazole rings is 1. The van der Waals surface area contributed by atoms with E-state index in [1.165, 1.54) is 0 Å². The molecule has 0 aliphatic rings. The van der Waals surface area contributed by atoms with Crippen molar-refractivity contribution in [2.24, 2.45) is 0 Å². The Balaban J connectivity index is 1.69. The maximum Gasteiger partial charge on any atom is 0.124 e. The maximum atomic E-state index is 5.88. The standard InChI is InChI=1S/C16H11ClNOS/c17-13-8-6-12(7-9-13)16-18-10-15(20-16)11-19-14-4-2-1-3-5-14/h2-10H,11H2. The molecule has 99 valence electrons. The van der Waals surface area contributed by atoms with E-state index in [0.717, 1.165) is 26.2 Å². The van der Waals surface area contributed by atoms with Crippen LogP contribution in [0.4, 0.5) is 0 Å². The summed E-state index contributed by atoms with van der Waals surface area (Å²) in [6, 6.07) is 18.1.